The van der Waals surface area contributed by atoms with Crippen molar-refractivity contribution >= 4 is 81.1 Å². The van der Waals surface area contributed by atoms with E-state index >= 15 is 0 Å². The number of Topliss-reactive ketones (excluding diaryl/α,β-unsaturated/α-hetero) is 3. The van der Waals surface area contributed by atoms with E-state index in [0.29, 0.717) is 181 Å². The number of oxazole rings is 1. The predicted molar refractivity (Wildman–Crippen MR) is 477 cm³/mol. The number of piperazine rings is 1. The molecule has 3 amide bonds. The minimum Gasteiger partial charge on any atom is -0.460 e. The van der Waals surface area contributed by atoms with E-state index in [-0.39, 0.29) is 74.1 Å². The monoisotopic (exact) mass is 1770 g/mol. The molecule has 128 heavy (non-hydrogen) atoms. The number of anilines is 3. The molecule has 34 nitrogen and oxygen atoms in total. The van der Waals surface area contributed by atoms with Crippen molar-refractivity contribution in [2.24, 2.45) is 35.5 Å². The van der Waals surface area contributed by atoms with Crippen LogP contribution in [0.25, 0.3) is 33.4 Å². The fourth-order valence-corrected chi connectivity index (χ4v) is 18.2. The number of nitrogen functional groups attached to an aromatic ring is 2. The number of fused-ring (bicyclic) bond motifs is 6. The molecule has 1 saturated carbocycles. The van der Waals surface area contributed by atoms with Crippen LogP contribution in [0.3, 0.4) is 0 Å². The average molecular weight is 1780 g/mol. The summed E-state index contributed by atoms with van der Waals surface area (Å²) >= 11 is 0. The molecule has 0 radical (unpaired) electrons. The molecule has 3 saturated heterocycles. The Morgan fingerprint density at radius 1 is 0.742 bits per heavy atom. The zero-order valence-electron chi connectivity index (χ0n) is 75.7. The Balaban J connectivity index is 0.531. The van der Waals surface area contributed by atoms with Gasteiger partial charge in [0, 0.05) is 134 Å². The number of nitrogens with one attached hydrogen (secondary N) is 1. The van der Waals surface area contributed by atoms with Gasteiger partial charge in [-0.15, -0.1) is 0 Å². The third-order valence-corrected chi connectivity index (χ3v) is 25.8. The van der Waals surface area contributed by atoms with E-state index in [2.05, 4.69) is 58.2 Å². The zero-order chi connectivity index (χ0) is 91.1. The van der Waals surface area contributed by atoms with E-state index in [1.165, 1.54) is 23.9 Å². The number of aromatic nitrogens is 7. The normalized spacial score (nSPS) is 27.7. The van der Waals surface area contributed by atoms with Gasteiger partial charge in [-0.1, -0.05) is 89.3 Å². The summed E-state index contributed by atoms with van der Waals surface area (Å²) in [6, 6.07) is 10.7. The largest absolute Gasteiger partial charge is 0.460 e. The van der Waals surface area contributed by atoms with Crippen LogP contribution in [0.1, 0.15) is 154 Å². The second kappa shape index (κ2) is 46.6. The third-order valence-electron chi connectivity index (χ3n) is 25.8. The van der Waals surface area contributed by atoms with Crippen molar-refractivity contribution in [2.45, 2.75) is 213 Å². The number of hydrogen-bond donors (Lipinski definition) is 5. The first-order valence-corrected chi connectivity index (χ1v) is 45.2. The molecule has 6 aliphatic rings. The van der Waals surface area contributed by atoms with Crippen molar-refractivity contribution in [1.82, 2.24) is 54.7 Å². The number of aliphatic hydroxyl groups excluding tert-OH is 1. The first-order valence-electron chi connectivity index (χ1n) is 45.2. The number of hydrogen-bond acceptors (Lipinski definition) is 30. The molecule has 5 aliphatic heterocycles. The highest BCUT2D eigenvalue weighted by Gasteiger charge is 2.53. The maximum atomic E-state index is 14.8. The summed E-state index contributed by atoms with van der Waals surface area (Å²) in [5, 5.41) is 32.3. The Hall–Kier alpha value is -9.85. The van der Waals surface area contributed by atoms with Gasteiger partial charge in [-0.2, -0.15) is 10.1 Å². The van der Waals surface area contributed by atoms with Gasteiger partial charge < -0.3 is 93.5 Å². The van der Waals surface area contributed by atoms with E-state index in [1.807, 2.05) is 72.9 Å². The van der Waals surface area contributed by atoms with Gasteiger partial charge in [0.2, 0.25) is 17.6 Å². The standard InChI is InChI=1S/C94H130N14O20/c1-58-16-12-11-13-17-59(2)77(118-8)50-71-24-19-64(7)94(117,128-71)86(113)89(114)107-29-15-14-18-73(107)90(115)125-78(51-74(109)60(3)45-63(6)84(112)85(120-10)83(111)62(5)44-58)61(4)46-65-21-25-76(79(48-65)119-9)127-93(116)99-54-67-52-97-92(98-53-67)105-33-31-104(32-34-105)35-37-122-39-41-124-43-42-123-40-38-121-36-28-80(110)106-30-27-68-47-66(20-22-70(68)56-106)55-108-88-81(87(95)100-57-101-88)82(103-108)69-23-26-75-72(49-69)102-91(96)126-75/h11-13,16-17,20,22-23,26,45,47,49,52-53,57-58,60-62,64-65,71,73,76-79,84-85,112,117H,14-15,18-19,21,24-25,27-44,46,48,50-51,54-56H2,1-10H3,(H2,96,102)(H,99,116)(H2,95,100,101)/b13-11+,16-12+,59-17+,63-45+/t58-,60-,61-,62-,64-,65+,71+,73+,76-,77+,78+,79-,84-,85+,94-/m1/s1. The molecule has 6 aromatic rings. The molecule has 9 heterocycles. The highest BCUT2D eigenvalue weighted by atomic mass is 16.6. The van der Waals surface area contributed by atoms with Crippen LogP contribution in [-0.2, 0) is 102 Å². The SMILES string of the molecule is CO[C@H]1C[C@@H]2CC[C@@H](C)[C@@](O)(O2)C(=O)C(=O)N2CCCC[C@H]2C(=O)O[C@H]([C@H](C)C[C@@H]2CC[C@@H](OC(=O)NCc3cnc(N4CCN(CCOCCOCCOCCOCCC(=O)N5CCc6cc(Cn7nc(-c8ccc9oc(N)nc9c8)c8c(N)ncnc87)ccc6C5)CC4)nc3)[C@H](OC)C2)CC(=O)[C@H](C)/C=C(\C)[C@@H](O)[C@@H](OC)C(=O)[C@H](C)C[C@H](C)/C=C/C=C/C=C/1C. The molecular weight excluding hydrogens is 1650 g/mol. The number of ketones is 3. The number of alkyl carbamates (subject to hydrolysis) is 1. The molecule has 2 aromatic carbocycles. The molecule has 4 aromatic heterocycles. The van der Waals surface area contributed by atoms with Crippen molar-refractivity contribution in [3.05, 3.63) is 125 Å². The summed E-state index contributed by atoms with van der Waals surface area (Å²) in [7, 11) is 4.50. The van der Waals surface area contributed by atoms with Gasteiger partial charge in [-0.25, -0.2) is 34.2 Å². The molecule has 696 valence electrons. The number of carbonyl (C=O) groups is 7. The number of ether oxygens (including phenoxy) is 10. The first kappa shape index (κ1) is 97.2. The fourth-order valence-electron chi connectivity index (χ4n) is 18.2. The van der Waals surface area contributed by atoms with Gasteiger partial charge in [0.15, 0.2) is 17.0 Å². The number of cyclic esters (lactones) is 1. The summed E-state index contributed by atoms with van der Waals surface area (Å²) in [5.74, 6) is -7.72. The van der Waals surface area contributed by atoms with Gasteiger partial charge in [0.25, 0.3) is 17.7 Å². The number of amides is 3. The van der Waals surface area contributed by atoms with E-state index in [9.17, 15) is 43.8 Å². The Morgan fingerprint density at radius 3 is 2.22 bits per heavy atom. The summed E-state index contributed by atoms with van der Waals surface area (Å²) in [5.41, 5.74) is 20.6. The molecule has 7 N–H and O–H groups in total. The summed E-state index contributed by atoms with van der Waals surface area (Å²) in [6.07, 6.45) is 15.1. The van der Waals surface area contributed by atoms with Crippen molar-refractivity contribution in [3.63, 3.8) is 0 Å². The van der Waals surface area contributed by atoms with Crippen LogP contribution < -0.4 is 21.7 Å². The molecule has 34 heteroatoms. The first-order chi connectivity index (χ1) is 61.7. The van der Waals surface area contributed by atoms with Crippen LogP contribution in [0.15, 0.2) is 107 Å². The van der Waals surface area contributed by atoms with Gasteiger partial charge in [0.05, 0.1) is 89.5 Å². The van der Waals surface area contributed by atoms with Crippen LogP contribution in [0.4, 0.5) is 22.6 Å². The molecule has 1 aliphatic carbocycles. The van der Waals surface area contributed by atoms with E-state index in [1.54, 1.807) is 66.5 Å². The van der Waals surface area contributed by atoms with Crippen molar-refractivity contribution in [1.29, 1.82) is 0 Å². The number of rotatable bonds is 28. The van der Waals surface area contributed by atoms with Crippen LogP contribution >= 0.6 is 0 Å². The van der Waals surface area contributed by atoms with E-state index < -0.39 is 102 Å². The van der Waals surface area contributed by atoms with Crippen molar-refractivity contribution in [2.75, 3.05) is 136 Å². The van der Waals surface area contributed by atoms with Crippen LogP contribution in [-0.4, -0.2) is 275 Å². The number of piperidine rings is 1. The van der Waals surface area contributed by atoms with E-state index in [4.69, 9.17) is 68.4 Å². The number of nitrogens with two attached hydrogens (primary N) is 2. The van der Waals surface area contributed by atoms with Gasteiger partial charge in [-0.05, 0) is 148 Å². The maximum Gasteiger partial charge on any atom is 0.407 e. The minimum atomic E-state index is -2.49. The van der Waals surface area contributed by atoms with Crippen molar-refractivity contribution in [3.8, 4) is 11.3 Å². The summed E-state index contributed by atoms with van der Waals surface area (Å²) < 4.78 is 66.6. The topological polar surface area (TPSA) is 425 Å². The second-order valence-corrected chi connectivity index (χ2v) is 35.1. The highest BCUT2D eigenvalue weighted by Crippen LogP contribution is 2.40. The Labute approximate surface area is 748 Å². The Kier molecular flexibility index (Phi) is 35.4. The number of benzene rings is 2. The quantitative estimate of drug-likeness (QED) is 0.0132. The fraction of sp³-hybridized carbons (Fsp3) is 0.606. The molecule has 12 rings (SSSR count). The summed E-state index contributed by atoms with van der Waals surface area (Å²) in [6.45, 7) is 21.5. The molecule has 4 fully saturated rings. The molecular formula is C94H130N14O20. The predicted octanol–water partition coefficient (Wildman–Crippen LogP) is 9.23. The highest BCUT2D eigenvalue weighted by molar-refractivity contribution is 6.39. The third kappa shape index (κ3) is 25.6. The lowest BCUT2D eigenvalue weighted by molar-refractivity contribution is -0.265. The lowest BCUT2D eigenvalue weighted by Gasteiger charge is -2.42. The lowest BCUT2D eigenvalue weighted by Crippen LogP contribution is -2.61. The zero-order valence-corrected chi connectivity index (χ0v) is 75.7. The Morgan fingerprint density at radius 2 is 1.48 bits per heavy atom. The van der Waals surface area contributed by atoms with E-state index in [0.717, 1.165) is 61.4 Å². The molecule has 15 atom stereocenters. The minimum absolute atomic E-state index is 0.0200. The number of aliphatic hydroxyl groups is 2. The smallest absolute Gasteiger partial charge is 0.407 e. The van der Waals surface area contributed by atoms with Crippen LogP contribution in [0, 0.1) is 35.5 Å². The van der Waals surface area contributed by atoms with Crippen molar-refractivity contribution < 1.29 is 95.6 Å². The Bertz CT molecular complexity index is 4870. The maximum absolute atomic E-state index is 14.8. The number of carbonyl (C=O) groups excluding carboxylic acids is 7. The number of allylic oxidation sites excluding steroid dienone is 6. The van der Waals surface area contributed by atoms with Crippen LogP contribution in [0.2, 0.25) is 0 Å². The van der Waals surface area contributed by atoms with Gasteiger partial charge in [-0.3, -0.25) is 28.9 Å². The second-order valence-electron chi connectivity index (χ2n) is 35.1. The molecule has 0 unspecified atom stereocenters. The molecule has 0 spiro atoms. The van der Waals surface area contributed by atoms with Gasteiger partial charge >= 0.3 is 12.1 Å². The number of esters is 1. The summed E-state index contributed by atoms with van der Waals surface area (Å²) in [4.78, 5) is 129. The number of methoxy groups -OCH3 is 3. The van der Waals surface area contributed by atoms with Gasteiger partial charge in [0.1, 0.15) is 59.6 Å². The average Bonchev–Trinajstić information content (AvgIpc) is 1.48. The van der Waals surface area contributed by atoms with Crippen LogP contribution in [0.5, 0.6) is 0 Å². The lowest BCUT2D eigenvalue weighted by atomic mass is 9.78. The molecule has 2 bridgehead atoms. The number of nitrogens with zero attached hydrogens (tertiary/aromatic N) is 11.